The van der Waals surface area contributed by atoms with E-state index in [1.54, 1.807) is 0 Å². The van der Waals surface area contributed by atoms with Gasteiger partial charge in [-0.2, -0.15) is 0 Å². The van der Waals surface area contributed by atoms with Crippen LogP contribution in [0.4, 0.5) is 0 Å². The van der Waals surface area contributed by atoms with E-state index >= 15 is 0 Å². The van der Waals surface area contributed by atoms with Gasteiger partial charge in [-0.25, -0.2) is 4.79 Å². The fourth-order valence-corrected chi connectivity index (χ4v) is 2.22. The molecule has 0 bridgehead atoms. The molecule has 1 heterocycles. The highest BCUT2D eigenvalue weighted by Gasteiger charge is 2.67. The minimum atomic E-state index is -0.704. The molecule has 2 aliphatic rings. The van der Waals surface area contributed by atoms with Crippen LogP contribution >= 0.6 is 0 Å². The Morgan fingerprint density at radius 2 is 1.73 bits per heavy atom. The molecule has 15 heavy (non-hydrogen) atoms. The number of carbonyl (C=O) groups is 1. The zero-order valence-corrected chi connectivity index (χ0v) is 9.84. The van der Waals surface area contributed by atoms with Crippen LogP contribution in [0.15, 0.2) is 0 Å². The largest absolute Gasteiger partial charge is 0.460 e. The lowest BCUT2D eigenvalue weighted by Crippen LogP contribution is -2.33. The Hall–Kier alpha value is -0.570. The second-order valence-corrected chi connectivity index (χ2v) is 5.31. The molecular formula is C12H20O3. The monoisotopic (exact) mass is 212 g/mol. The zero-order valence-electron chi connectivity index (χ0n) is 9.84. The average molecular weight is 212 g/mol. The van der Waals surface area contributed by atoms with Crippen molar-refractivity contribution in [1.82, 2.24) is 0 Å². The van der Waals surface area contributed by atoms with E-state index in [9.17, 15) is 4.79 Å². The van der Waals surface area contributed by atoms with Gasteiger partial charge in [0.15, 0.2) is 5.60 Å². The molecule has 3 heteroatoms. The van der Waals surface area contributed by atoms with E-state index in [-0.39, 0.29) is 17.7 Å². The first-order valence-corrected chi connectivity index (χ1v) is 5.87. The van der Waals surface area contributed by atoms with E-state index in [1.807, 2.05) is 20.8 Å². The van der Waals surface area contributed by atoms with Gasteiger partial charge in [-0.1, -0.05) is 6.42 Å². The second kappa shape index (κ2) is 3.48. The van der Waals surface area contributed by atoms with E-state index < -0.39 is 5.60 Å². The molecule has 1 aliphatic carbocycles. The van der Waals surface area contributed by atoms with Crippen molar-refractivity contribution in [3.05, 3.63) is 0 Å². The van der Waals surface area contributed by atoms with Crippen LogP contribution in [0.2, 0.25) is 0 Å². The SMILES string of the molecule is CC1(C)OC1(C)C(=O)OC1CCCCC1. The van der Waals surface area contributed by atoms with Gasteiger partial charge in [0.05, 0.1) is 0 Å². The number of hydrogen-bond donors (Lipinski definition) is 0. The minimum absolute atomic E-state index is 0.128. The van der Waals surface area contributed by atoms with E-state index in [1.165, 1.54) is 19.3 Å². The smallest absolute Gasteiger partial charge is 0.341 e. The van der Waals surface area contributed by atoms with E-state index in [2.05, 4.69) is 0 Å². The van der Waals surface area contributed by atoms with E-state index in [0.717, 1.165) is 12.8 Å². The third kappa shape index (κ3) is 1.89. The third-order valence-corrected chi connectivity index (χ3v) is 3.78. The number of esters is 1. The molecule has 1 unspecified atom stereocenters. The van der Waals surface area contributed by atoms with Gasteiger partial charge in [-0.3, -0.25) is 0 Å². The van der Waals surface area contributed by atoms with Crippen LogP contribution in [0, 0.1) is 0 Å². The molecule has 0 amide bonds. The Balaban J connectivity index is 1.87. The third-order valence-electron chi connectivity index (χ3n) is 3.78. The zero-order chi connectivity index (χ0) is 11.1. The molecule has 1 saturated heterocycles. The molecule has 0 radical (unpaired) electrons. The first kappa shape index (κ1) is 10.9. The molecular weight excluding hydrogens is 192 g/mol. The molecule has 0 N–H and O–H groups in total. The molecule has 0 aromatic carbocycles. The van der Waals surface area contributed by atoms with E-state index in [4.69, 9.17) is 9.47 Å². The maximum Gasteiger partial charge on any atom is 0.341 e. The molecule has 1 saturated carbocycles. The molecule has 1 atom stereocenters. The van der Waals surface area contributed by atoms with Gasteiger partial charge in [0.2, 0.25) is 0 Å². The maximum atomic E-state index is 11.9. The first-order chi connectivity index (χ1) is 6.96. The summed E-state index contributed by atoms with van der Waals surface area (Å²) < 4.78 is 10.9. The summed E-state index contributed by atoms with van der Waals surface area (Å²) in [6.07, 6.45) is 5.79. The van der Waals surface area contributed by atoms with Crippen molar-refractivity contribution in [2.24, 2.45) is 0 Å². The highest BCUT2D eigenvalue weighted by atomic mass is 16.7. The van der Waals surface area contributed by atoms with Gasteiger partial charge in [0.1, 0.15) is 11.7 Å². The second-order valence-electron chi connectivity index (χ2n) is 5.31. The van der Waals surface area contributed by atoms with Crippen molar-refractivity contribution in [2.75, 3.05) is 0 Å². The quantitative estimate of drug-likeness (QED) is 0.521. The first-order valence-electron chi connectivity index (χ1n) is 5.87. The lowest BCUT2D eigenvalue weighted by Gasteiger charge is -2.23. The van der Waals surface area contributed by atoms with Crippen molar-refractivity contribution >= 4 is 5.97 Å². The molecule has 0 aromatic heterocycles. The van der Waals surface area contributed by atoms with Crippen LogP contribution in [0.25, 0.3) is 0 Å². The predicted molar refractivity (Wildman–Crippen MR) is 56.5 cm³/mol. The summed E-state index contributed by atoms with van der Waals surface area (Å²) in [5.74, 6) is -0.181. The maximum absolute atomic E-state index is 11.9. The Bertz CT molecular complexity index is 266. The number of ether oxygens (including phenoxy) is 2. The van der Waals surface area contributed by atoms with Crippen LogP contribution in [-0.4, -0.2) is 23.3 Å². The van der Waals surface area contributed by atoms with Gasteiger partial charge in [0.25, 0.3) is 0 Å². The van der Waals surface area contributed by atoms with Crippen LogP contribution in [0.1, 0.15) is 52.9 Å². The van der Waals surface area contributed by atoms with Crippen molar-refractivity contribution < 1.29 is 14.3 Å². The van der Waals surface area contributed by atoms with Crippen molar-refractivity contribution in [3.63, 3.8) is 0 Å². The summed E-state index contributed by atoms with van der Waals surface area (Å²) in [6, 6.07) is 0. The Morgan fingerprint density at radius 1 is 1.20 bits per heavy atom. The van der Waals surface area contributed by atoms with Crippen molar-refractivity contribution in [2.45, 2.75) is 70.2 Å². The number of hydrogen-bond acceptors (Lipinski definition) is 3. The fourth-order valence-electron chi connectivity index (χ4n) is 2.22. The van der Waals surface area contributed by atoms with Crippen molar-refractivity contribution in [3.8, 4) is 0 Å². The average Bonchev–Trinajstić information content (AvgIpc) is 2.69. The molecule has 1 aliphatic heterocycles. The van der Waals surface area contributed by atoms with Crippen molar-refractivity contribution in [1.29, 1.82) is 0 Å². The summed E-state index contributed by atoms with van der Waals surface area (Å²) in [5.41, 5.74) is -1.05. The summed E-state index contributed by atoms with van der Waals surface area (Å²) in [4.78, 5) is 11.9. The number of epoxide rings is 1. The highest BCUT2D eigenvalue weighted by molar-refractivity contribution is 5.84. The summed E-state index contributed by atoms with van der Waals surface area (Å²) in [6.45, 7) is 5.67. The fraction of sp³-hybridized carbons (Fsp3) is 0.917. The highest BCUT2D eigenvalue weighted by Crippen LogP contribution is 2.48. The van der Waals surface area contributed by atoms with Gasteiger partial charge in [-0.05, 0) is 46.5 Å². The Kier molecular flexibility index (Phi) is 2.53. The van der Waals surface area contributed by atoms with Crippen LogP contribution < -0.4 is 0 Å². The van der Waals surface area contributed by atoms with Gasteiger partial charge >= 0.3 is 5.97 Å². The minimum Gasteiger partial charge on any atom is -0.460 e. The van der Waals surface area contributed by atoms with E-state index in [0.29, 0.717) is 0 Å². The topological polar surface area (TPSA) is 38.8 Å². The Morgan fingerprint density at radius 3 is 2.20 bits per heavy atom. The molecule has 86 valence electrons. The molecule has 3 nitrogen and oxygen atoms in total. The predicted octanol–water partition coefficient (Wildman–Crippen LogP) is 2.43. The molecule has 2 rings (SSSR count). The van der Waals surface area contributed by atoms with Crippen LogP contribution in [-0.2, 0) is 14.3 Å². The summed E-state index contributed by atoms with van der Waals surface area (Å²) >= 11 is 0. The molecule has 2 fully saturated rings. The summed E-state index contributed by atoms with van der Waals surface area (Å²) in [5, 5.41) is 0. The van der Waals surface area contributed by atoms with Crippen LogP contribution in [0.3, 0.4) is 0 Å². The molecule has 0 spiro atoms. The normalized spacial score (nSPS) is 34.9. The molecule has 0 aromatic rings. The Labute approximate surface area is 91.1 Å². The van der Waals surface area contributed by atoms with Gasteiger partial charge in [0, 0.05) is 0 Å². The van der Waals surface area contributed by atoms with Gasteiger partial charge in [-0.15, -0.1) is 0 Å². The van der Waals surface area contributed by atoms with Gasteiger partial charge < -0.3 is 9.47 Å². The number of carbonyl (C=O) groups excluding carboxylic acids is 1. The standard InChI is InChI=1S/C12H20O3/c1-11(2)12(3,15-11)10(13)14-9-7-5-4-6-8-9/h9H,4-8H2,1-3H3. The summed E-state index contributed by atoms with van der Waals surface area (Å²) in [7, 11) is 0. The lowest BCUT2D eigenvalue weighted by molar-refractivity contribution is -0.156. The lowest BCUT2D eigenvalue weighted by atomic mass is 9.96. The van der Waals surface area contributed by atoms with Crippen LogP contribution in [0.5, 0.6) is 0 Å². The number of rotatable bonds is 2.